The third kappa shape index (κ3) is 3.58. The molecular formula is C19H30N4O2. The van der Waals surface area contributed by atoms with Crippen LogP contribution in [0.4, 0.5) is 11.6 Å². The smallest absolute Gasteiger partial charge is 0.314 e. The van der Waals surface area contributed by atoms with Crippen LogP contribution in [0.25, 0.3) is 0 Å². The van der Waals surface area contributed by atoms with Crippen molar-refractivity contribution in [3.05, 3.63) is 12.4 Å². The molecule has 3 heterocycles. The van der Waals surface area contributed by atoms with Gasteiger partial charge >= 0.3 is 5.97 Å². The van der Waals surface area contributed by atoms with Crippen LogP contribution in [0.15, 0.2) is 12.4 Å². The quantitative estimate of drug-likeness (QED) is 0.764. The number of ether oxygens (including phenoxy) is 1. The zero-order valence-electron chi connectivity index (χ0n) is 15.7. The molecule has 6 nitrogen and oxygen atoms in total. The van der Waals surface area contributed by atoms with Gasteiger partial charge in [-0.25, -0.2) is 9.97 Å². The predicted molar refractivity (Wildman–Crippen MR) is 98.8 cm³/mol. The topological polar surface area (TPSA) is 58.6 Å². The van der Waals surface area contributed by atoms with Crippen LogP contribution in [0.3, 0.4) is 0 Å². The molecule has 2 aliphatic heterocycles. The first-order valence-electron chi connectivity index (χ1n) is 9.56. The summed E-state index contributed by atoms with van der Waals surface area (Å²) >= 11 is 0. The van der Waals surface area contributed by atoms with E-state index in [4.69, 9.17) is 4.74 Å². The summed E-state index contributed by atoms with van der Waals surface area (Å²) in [7, 11) is 0. The maximum atomic E-state index is 12.6. The number of piperidine rings is 1. The number of carbonyl (C=O) groups excluding carboxylic acids is 1. The van der Waals surface area contributed by atoms with Gasteiger partial charge in [-0.2, -0.15) is 0 Å². The minimum absolute atomic E-state index is 0.0715. The van der Waals surface area contributed by atoms with E-state index in [0.29, 0.717) is 13.2 Å². The van der Waals surface area contributed by atoms with Crippen LogP contribution in [-0.4, -0.2) is 48.7 Å². The zero-order chi connectivity index (χ0) is 17.9. The van der Waals surface area contributed by atoms with Crippen molar-refractivity contribution in [1.29, 1.82) is 0 Å². The number of hydrogen-bond donors (Lipinski definition) is 0. The molecule has 1 aromatic rings. The highest BCUT2D eigenvalue weighted by Gasteiger charge is 2.48. The molecule has 1 atom stereocenters. The lowest BCUT2D eigenvalue weighted by Gasteiger charge is -2.31. The van der Waals surface area contributed by atoms with E-state index >= 15 is 0 Å². The molecule has 0 bridgehead atoms. The van der Waals surface area contributed by atoms with Gasteiger partial charge in [-0.1, -0.05) is 13.8 Å². The second-order valence-electron chi connectivity index (χ2n) is 7.48. The van der Waals surface area contributed by atoms with Crippen molar-refractivity contribution < 1.29 is 9.53 Å². The van der Waals surface area contributed by atoms with Crippen molar-refractivity contribution in [1.82, 2.24) is 9.97 Å². The van der Waals surface area contributed by atoms with Crippen molar-refractivity contribution in [2.24, 2.45) is 11.3 Å². The molecule has 2 aliphatic rings. The highest BCUT2D eigenvalue weighted by Crippen LogP contribution is 2.40. The SMILES string of the molecule is CCOC(=O)C1(C(C)C)CCN(c2cc(N3CCCCC3)ncn2)C1. The minimum Gasteiger partial charge on any atom is -0.466 e. The van der Waals surface area contributed by atoms with Gasteiger partial charge in [-0.3, -0.25) is 4.79 Å². The van der Waals surface area contributed by atoms with Gasteiger partial charge in [0.25, 0.3) is 0 Å². The Morgan fingerprint density at radius 1 is 1.16 bits per heavy atom. The lowest BCUT2D eigenvalue weighted by molar-refractivity contribution is -0.156. The molecule has 0 N–H and O–H groups in total. The van der Waals surface area contributed by atoms with Crippen LogP contribution < -0.4 is 9.80 Å². The molecule has 25 heavy (non-hydrogen) atoms. The number of nitrogens with zero attached hydrogens (tertiary/aromatic N) is 4. The number of esters is 1. The molecule has 0 saturated carbocycles. The third-order valence-corrected chi connectivity index (χ3v) is 5.73. The van der Waals surface area contributed by atoms with Crippen molar-refractivity contribution in [2.75, 3.05) is 42.6 Å². The molecule has 0 amide bonds. The van der Waals surface area contributed by atoms with Crippen molar-refractivity contribution in [3.63, 3.8) is 0 Å². The van der Waals surface area contributed by atoms with Crippen LogP contribution in [0.5, 0.6) is 0 Å². The summed E-state index contributed by atoms with van der Waals surface area (Å²) in [6.45, 7) is 10.1. The minimum atomic E-state index is -0.438. The van der Waals surface area contributed by atoms with Crippen LogP contribution in [0, 0.1) is 11.3 Å². The van der Waals surface area contributed by atoms with Gasteiger partial charge in [0.15, 0.2) is 0 Å². The number of aromatic nitrogens is 2. The fraction of sp³-hybridized carbons (Fsp3) is 0.737. The van der Waals surface area contributed by atoms with E-state index < -0.39 is 5.41 Å². The molecule has 1 aromatic heterocycles. The van der Waals surface area contributed by atoms with E-state index in [9.17, 15) is 4.79 Å². The summed E-state index contributed by atoms with van der Waals surface area (Å²) in [6, 6.07) is 2.08. The van der Waals surface area contributed by atoms with E-state index in [1.807, 2.05) is 6.92 Å². The van der Waals surface area contributed by atoms with Gasteiger partial charge in [0.1, 0.15) is 18.0 Å². The molecule has 0 radical (unpaired) electrons. The Labute approximate surface area is 150 Å². The van der Waals surface area contributed by atoms with E-state index in [2.05, 4.69) is 39.7 Å². The molecule has 1 unspecified atom stereocenters. The highest BCUT2D eigenvalue weighted by molar-refractivity contribution is 5.79. The van der Waals surface area contributed by atoms with E-state index in [1.165, 1.54) is 19.3 Å². The van der Waals surface area contributed by atoms with Crippen LogP contribution in [0.1, 0.15) is 46.5 Å². The molecule has 138 valence electrons. The summed E-state index contributed by atoms with van der Waals surface area (Å²) in [4.78, 5) is 26.1. The lowest BCUT2D eigenvalue weighted by Crippen LogP contribution is -2.41. The van der Waals surface area contributed by atoms with Crippen molar-refractivity contribution in [2.45, 2.75) is 46.5 Å². The average molecular weight is 346 g/mol. The molecule has 2 fully saturated rings. The second kappa shape index (κ2) is 7.58. The van der Waals surface area contributed by atoms with Gasteiger partial charge in [-0.15, -0.1) is 0 Å². The van der Waals surface area contributed by atoms with Crippen LogP contribution in [0.2, 0.25) is 0 Å². The van der Waals surface area contributed by atoms with Crippen LogP contribution in [-0.2, 0) is 9.53 Å². The second-order valence-corrected chi connectivity index (χ2v) is 7.48. The summed E-state index contributed by atoms with van der Waals surface area (Å²) in [5.41, 5.74) is -0.438. The third-order valence-electron chi connectivity index (χ3n) is 5.73. The molecule has 2 saturated heterocycles. The first-order chi connectivity index (χ1) is 12.1. The Kier molecular flexibility index (Phi) is 5.45. The summed E-state index contributed by atoms with van der Waals surface area (Å²) < 4.78 is 5.39. The Morgan fingerprint density at radius 3 is 2.48 bits per heavy atom. The molecular weight excluding hydrogens is 316 g/mol. The number of hydrogen-bond acceptors (Lipinski definition) is 6. The van der Waals surface area contributed by atoms with Crippen molar-refractivity contribution in [3.8, 4) is 0 Å². The fourth-order valence-electron chi connectivity index (χ4n) is 3.98. The Hall–Kier alpha value is -1.85. The monoisotopic (exact) mass is 346 g/mol. The molecule has 0 aliphatic carbocycles. The van der Waals surface area contributed by atoms with E-state index in [1.54, 1.807) is 6.33 Å². The van der Waals surface area contributed by atoms with Gasteiger partial charge in [0.2, 0.25) is 0 Å². The van der Waals surface area contributed by atoms with Gasteiger partial charge in [0, 0.05) is 32.2 Å². The Bertz CT molecular complexity index is 601. The highest BCUT2D eigenvalue weighted by atomic mass is 16.5. The number of anilines is 2. The first-order valence-corrected chi connectivity index (χ1v) is 9.56. The lowest BCUT2D eigenvalue weighted by atomic mass is 9.76. The normalized spacial score (nSPS) is 24.0. The fourth-order valence-corrected chi connectivity index (χ4v) is 3.98. The number of rotatable bonds is 5. The summed E-state index contributed by atoms with van der Waals surface area (Å²) in [5, 5.41) is 0. The number of carbonyl (C=O) groups is 1. The maximum Gasteiger partial charge on any atom is 0.314 e. The largest absolute Gasteiger partial charge is 0.466 e. The molecule has 3 rings (SSSR count). The molecule has 0 aromatic carbocycles. The molecule has 6 heteroatoms. The van der Waals surface area contributed by atoms with Crippen LogP contribution >= 0.6 is 0 Å². The van der Waals surface area contributed by atoms with E-state index in [0.717, 1.165) is 37.7 Å². The predicted octanol–water partition coefficient (Wildman–Crippen LogP) is 2.88. The Balaban J connectivity index is 1.77. The van der Waals surface area contributed by atoms with Gasteiger partial charge < -0.3 is 14.5 Å². The molecule has 0 spiro atoms. The average Bonchev–Trinajstić information content (AvgIpc) is 3.10. The summed E-state index contributed by atoms with van der Waals surface area (Å²) in [5.74, 6) is 2.09. The van der Waals surface area contributed by atoms with Gasteiger partial charge in [0.05, 0.1) is 12.0 Å². The maximum absolute atomic E-state index is 12.6. The Morgan fingerprint density at radius 2 is 1.84 bits per heavy atom. The standard InChI is InChI=1S/C19H30N4O2/c1-4-25-18(24)19(15(2)3)8-11-23(13-19)17-12-16(20-14-21-17)22-9-6-5-7-10-22/h12,14-15H,4-11,13H2,1-3H3. The first kappa shape index (κ1) is 18.0. The van der Waals surface area contributed by atoms with Gasteiger partial charge in [-0.05, 0) is 38.5 Å². The van der Waals surface area contributed by atoms with E-state index in [-0.39, 0.29) is 11.9 Å². The zero-order valence-corrected chi connectivity index (χ0v) is 15.7. The summed E-state index contributed by atoms with van der Waals surface area (Å²) in [6.07, 6.45) is 6.22. The van der Waals surface area contributed by atoms with Crippen molar-refractivity contribution >= 4 is 17.6 Å².